The van der Waals surface area contributed by atoms with E-state index in [0.717, 1.165) is 18.7 Å². The van der Waals surface area contributed by atoms with Gasteiger partial charge in [0.2, 0.25) is 0 Å². The molecular formula is C13H18IN3O2. The van der Waals surface area contributed by atoms with E-state index in [1.54, 1.807) is 6.07 Å². The average Bonchev–Trinajstić information content (AvgIpc) is 2.37. The van der Waals surface area contributed by atoms with E-state index in [0.29, 0.717) is 22.1 Å². The fraction of sp³-hybridized carbons (Fsp3) is 0.538. The maximum atomic E-state index is 10.8. The van der Waals surface area contributed by atoms with E-state index < -0.39 is 0 Å². The number of rotatable bonds is 3. The normalized spacial score (nSPS) is 23.4. The number of nitrogens with two attached hydrogens (primary N) is 1. The van der Waals surface area contributed by atoms with Crippen LogP contribution in [-0.2, 0) is 0 Å². The molecule has 2 atom stereocenters. The third-order valence-corrected chi connectivity index (χ3v) is 4.68. The van der Waals surface area contributed by atoms with Gasteiger partial charge in [-0.25, -0.2) is 0 Å². The molecule has 2 N–H and O–H groups in total. The van der Waals surface area contributed by atoms with E-state index in [1.807, 2.05) is 34.7 Å². The lowest BCUT2D eigenvalue weighted by Crippen LogP contribution is -2.48. The van der Waals surface area contributed by atoms with Gasteiger partial charge in [-0.3, -0.25) is 10.1 Å². The van der Waals surface area contributed by atoms with Crippen molar-refractivity contribution in [1.29, 1.82) is 0 Å². The van der Waals surface area contributed by atoms with E-state index in [9.17, 15) is 10.1 Å². The van der Waals surface area contributed by atoms with Crippen molar-refractivity contribution in [3.8, 4) is 0 Å². The van der Waals surface area contributed by atoms with Gasteiger partial charge in [-0.1, -0.05) is 6.92 Å². The summed E-state index contributed by atoms with van der Waals surface area (Å²) < 4.78 is 0.675. The van der Waals surface area contributed by atoms with Crippen molar-refractivity contribution in [2.75, 3.05) is 18.0 Å². The van der Waals surface area contributed by atoms with Gasteiger partial charge in [-0.2, -0.15) is 0 Å². The SMILES string of the molecule is CC1CCCN(c2ccc([N+](=O)[O-])c(I)c2)C1CN. The number of nitrogens with zero attached hydrogens (tertiary/aromatic N) is 2. The molecule has 0 amide bonds. The summed E-state index contributed by atoms with van der Waals surface area (Å²) >= 11 is 2.02. The second-order valence-corrected chi connectivity index (χ2v) is 6.17. The number of nitro benzene ring substituents is 1. The maximum Gasteiger partial charge on any atom is 0.282 e. The minimum Gasteiger partial charge on any atom is -0.367 e. The van der Waals surface area contributed by atoms with Crippen LogP contribution >= 0.6 is 22.6 Å². The molecule has 1 aliphatic rings. The number of hydrogen-bond donors (Lipinski definition) is 1. The molecule has 2 unspecified atom stereocenters. The number of nitro groups is 1. The maximum absolute atomic E-state index is 10.8. The highest BCUT2D eigenvalue weighted by molar-refractivity contribution is 14.1. The van der Waals surface area contributed by atoms with Gasteiger partial charge >= 0.3 is 0 Å². The first-order chi connectivity index (χ1) is 9.04. The van der Waals surface area contributed by atoms with E-state index >= 15 is 0 Å². The molecule has 1 aliphatic heterocycles. The third kappa shape index (κ3) is 3.00. The number of hydrogen-bond acceptors (Lipinski definition) is 4. The minimum absolute atomic E-state index is 0.165. The monoisotopic (exact) mass is 375 g/mol. The van der Waals surface area contributed by atoms with Gasteiger partial charge < -0.3 is 10.6 Å². The first kappa shape index (κ1) is 14.5. The van der Waals surface area contributed by atoms with Gasteiger partial charge in [0.15, 0.2) is 0 Å². The molecule has 1 aromatic carbocycles. The van der Waals surface area contributed by atoms with Crippen LogP contribution in [0.5, 0.6) is 0 Å². The molecule has 1 saturated heterocycles. The Labute approximate surface area is 126 Å². The molecule has 0 spiro atoms. The summed E-state index contributed by atoms with van der Waals surface area (Å²) in [5.41, 5.74) is 7.09. The molecule has 0 aliphatic carbocycles. The van der Waals surface area contributed by atoms with Gasteiger partial charge in [-0.15, -0.1) is 0 Å². The van der Waals surface area contributed by atoms with Crippen molar-refractivity contribution < 1.29 is 4.92 Å². The number of halogens is 1. The van der Waals surface area contributed by atoms with E-state index in [4.69, 9.17) is 5.73 Å². The van der Waals surface area contributed by atoms with Gasteiger partial charge in [0.05, 0.1) is 8.49 Å². The molecule has 0 aromatic heterocycles. The summed E-state index contributed by atoms with van der Waals surface area (Å²) in [4.78, 5) is 12.8. The molecule has 6 heteroatoms. The fourth-order valence-electron chi connectivity index (χ4n) is 2.75. The summed E-state index contributed by atoms with van der Waals surface area (Å²) in [6.07, 6.45) is 2.34. The van der Waals surface area contributed by atoms with Crippen molar-refractivity contribution in [2.45, 2.75) is 25.8 Å². The minimum atomic E-state index is -0.342. The lowest BCUT2D eigenvalue weighted by atomic mass is 9.90. The van der Waals surface area contributed by atoms with Crippen molar-refractivity contribution in [3.05, 3.63) is 31.9 Å². The summed E-state index contributed by atoms with van der Waals surface area (Å²) in [5.74, 6) is 0.562. The van der Waals surface area contributed by atoms with E-state index in [2.05, 4.69) is 11.8 Å². The standard InChI is InChI=1S/C13H18IN3O2/c1-9-3-2-6-16(13(9)8-15)10-4-5-12(17(18)19)11(14)7-10/h4-5,7,9,13H,2-3,6,8,15H2,1H3. The molecule has 0 radical (unpaired) electrons. The van der Waals surface area contributed by atoms with Crippen LogP contribution in [0, 0.1) is 19.6 Å². The molecule has 104 valence electrons. The predicted molar refractivity (Wildman–Crippen MR) is 84.4 cm³/mol. The zero-order chi connectivity index (χ0) is 14.0. The second-order valence-electron chi connectivity index (χ2n) is 5.01. The Bertz CT molecular complexity index is 481. The molecule has 0 saturated carbocycles. The van der Waals surface area contributed by atoms with E-state index in [1.165, 1.54) is 6.42 Å². The number of piperidine rings is 1. The van der Waals surface area contributed by atoms with Crippen molar-refractivity contribution in [1.82, 2.24) is 0 Å². The Hall–Kier alpha value is -0.890. The van der Waals surface area contributed by atoms with E-state index in [-0.39, 0.29) is 10.6 Å². The van der Waals surface area contributed by atoms with Crippen LogP contribution in [0.4, 0.5) is 11.4 Å². The van der Waals surface area contributed by atoms with Crippen LogP contribution in [0.2, 0.25) is 0 Å². The first-order valence-electron chi connectivity index (χ1n) is 6.45. The van der Waals surface area contributed by atoms with Gasteiger partial charge in [0, 0.05) is 30.9 Å². The first-order valence-corrected chi connectivity index (χ1v) is 7.53. The van der Waals surface area contributed by atoms with Crippen LogP contribution in [0.25, 0.3) is 0 Å². The van der Waals surface area contributed by atoms with Crippen molar-refractivity contribution >= 4 is 34.0 Å². The highest BCUT2D eigenvalue weighted by Gasteiger charge is 2.28. The Morgan fingerprint density at radius 3 is 2.89 bits per heavy atom. The fourth-order valence-corrected chi connectivity index (χ4v) is 3.45. The zero-order valence-electron chi connectivity index (χ0n) is 10.9. The Morgan fingerprint density at radius 2 is 2.32 bits per heavy atom. The van der Waals surface area contributed by atoms with Crippen molar-refractivity contribution in [2.24, 2.45) is 11.7 Å². The Morgan fingerprint density at radius 1 is 1.58 bits per heavy atom. The Kier molecular flexibility index (Phi) is 4.62. The molecule has 2 rings (SSSR count). The zero-order valence-corrected chi connectivity index (χ0v) is 13.0. The van der Waals surface area contributed by atoms with Crippen LogP contribution in [-0.4, -0.2) is 24.1 Å². The molecule has 1 fully saturated rings. The predicted octanol–water partition coefficient (Wildman–Crippen LogP) is 2.76. The van der Waals surface area contributed by atoms with Crippen LogP contribution in [0.1, 0.15) is 19.8 Å². The van der Waals surface area contributed by atoms with Gasteiger partial charge in [0.25, 0.3) is 5.69 Å². The van der Waals surface area contributed by atoms with Gasteiger partial charge in [-0.05, 0) is 53.5 Å². The third-order valence-electron chi connectivity index (χ3n) is 3.82. The molecule has 1 aromatic rings. The molecule has 1 heterocycles. The summed E-state index contributed by atoms with van der Waals surface area (Å²) in [5, 5.41) is 10.8. The lowest BCUT2D eigenvalue weighted by Gasteiger charge is -2.41. The highest BCUT2D eigenvalue weighted by atomic mass is 127. The summed E-state index contributed by atoms with van der Waals surface area (Å²) in [7, 11) is 0. The number of benzene rings is 1. The lowest BCUT2D eigenvalue weighted by molar-refractivity contribution is -0.385. The summed E-state index contributed by atoms with van der Waals surface area (Å²) in [6.45, 7) is 3.81. The van der Waals surface area contributed by atoms with Gasteiger partial charge in [0.1, 0.15) is 0 Å². The summed E-state index contributed by atoms with van der Waals surface area (Å²) in [6, 6.07) is 5.63. The Balaban J connectivity index is 2.30. The largest absolute Gasteiger partial charge is 0.367 e. The molecular weight excluding hydrogens is 357 g/mol. The van der Waals surface area contributed by atoms with Crippen LogP contribution < -0.4 is 10.6 Å². The van der Waals surface area contributed by atoms with Crippen LogP contribution in [0.15, 0.2) is 18.2 Å². The topological polar surface area (TPSA) is 72.4 Å². The average molecular weight is 375 g/mol. The molecule has 0 bridgehead atoms. The molecule has 19 heavy (non-hydrogen) atoms. The number of anilines is 1. The second kappa shape index (κ2) is 6.04. The quantitative estimate of drug-likeness (QED) is 0.501. The van der Waals surface area contributed by atoms with Crippen LogP contribution in [0.3, 0.4) is 0 Å². The van der Waals surface area contributed by atoms with Crippen molar-refractivity contribution in [3.63, 3.8) is 0 Å². The molecule has 5 nitrogen and oxygen atoms in total. The highest BCUT2D eigenvalue weighted by Crippen LogP contribution is 2.31. The smallest absolute Gasteiger partial charge is 0.282 e.